The number of likely N-dealkylation sites (tertiary alicyclic amines) is 1. The third kappa shape index (κ3) is 4.36. The number of carbonyl (C=O) groups excluding carboxylic acids is 2. The van der Waals surface area contributed by atoms with Crippen molar-refractivity contribution < 1.29 is 9.59 Å². The molecule has 0 aromatic heterocycles. The van der Waals surface area contributed by atoms with Crippen molar-refractivity contribution in [3.05, 3.63) is 34.9 Å². The molecule has 1 atom stereocenters. The second-order valence-corrected chi connectivity index (χ2v) is 5.50. The lowest BCUT2D eigenvalue weighted by Crippen LogP contribution is -2.43. The quantitative estimate of drug-likeness (QED) is 0.895. The summed E-state index contributed by atoms with van der Waals surface area (Å²) >= 11 is 6.03. The molecule has 2 N–H and O–H groups in total. The Kier molecular flexibility index (Phi) is 5.44. The maximum atomic E-state index is 11.9. The minimum absolute atomic E-state index is 0.0201. The molecule has 6 heteroatoms. The molecule has 1 unspecified atom stereocenters. The standard InChI is InChI=1S/C15H20ClN3O2/c1-2-14(20)19-8-7-12(10-19)18-15(21)17-9-11-5-3-4-6-13(11)16/h3-6,12H,2,7-10H2,1H3,(H2,17,18,21). The first-order chi connectivity index (χ1) is 10.1. The first kappa shape index (κ1) is 15.6. The fraction of sp³-hybridized carbons (Fsp3) is 0.467. The van der Waals surface area contributed by atoms with Crippen molar-refractivity contribution in [3.8, 4) is 0 Å². The molecule has 5 nitrogen and oxygen atoms in total. The van der Waals surface area contributed by atoms with Gasteiger partial charge in [-0.2, -0.15) is 0 Å². The average molecular weight is 310 g/mol. The Bertz CT molecular complexity index is 521. The molecule has 1 aromatic rings. The first-order valence-electron chi connectivity index (χ1n) is 7.15. The van der Waals surface area contributed by atoms with Gasteiger partial charge >= 0.3 is 6.03 Å². The monoisotopic (exact) mass is 309 g/mol. The van der Waals surface area contributed by atoms with Crippen LogP contribution >= 0.6 is 11.6 Å². The molecule has 2 rings (SSSR count). The number of nitrogens with one attached hydrogen (secondary N) is 2. The van der Waals surface area contributed by atoms with Crippen LogP contribution in [0.15, 0.2) is 24.3 Å². The zero-order valence-corrected chi connectivity index (χ0v) is 12.8. The average Bonchev–Trinajstić information content (AvgIpc) is 2.94. The second kappa shape index (κ2) is 7.31. The van der Waals surface area contributed by atoms with E-state index in [4.69, 9.17) is 11.6 Å². The van der Waals surface area contributed by atoms with E-state index in [0.717, 1.165) is 12.0 Å². The van der Waals surface area contributed by atoms with Crippen LogP contribution < -0.4 is 10.6 Å². The molecule has 1 heterocycles. The van der Waals surface area contributed by atoms with Crippen LogP contribution in [0.1, 0.15) is 25.3 Å². The molecule has 114 valence electrons. The molecule has 1 aliphatic rings. The predicted octanol–water partition coefficient (Wildman–Crippen LogP) is 2.15. The summed E-state index contributed by atoms with van der Waals surface area (Å²) in [7, 11) is 0. The van der Waals surface area contributed by atoms with E-state index in [0.29, 0.717) is 31.1 Å². The Labute approximate surface area is 129 Å². The van der Waals surface area contributed by atoms with Gasteiger partial charge < -0.3 is 15.5 Å². The van der Waals surface area contributed by atoms with Gasteiger partial charge in [-0.3, -0.25) is 4.79 Å². The van der Waals surface area contributed by atoms with Crippen LogP contribution in [0, 0.1) is 0 Å². The summed E-state index contributed by atoms with van der Waals surface area (Å²) < 4.78 is 0. The number of benzene rings is 1. The van der Waals surface area contributed by atoms with E-state index < -0.39 is 0 Å². The maximum Gasteiger partial charge on any atom is 0.315 e. The van der Waals surface area contributed by atoms with Gasteiger partial charge in [0.2, 0.25) is 5.91 Å². The molecule has 1 saturated heterocycles. The topological polar surface area (TPSA) is 61.4 Å². The number of halogens is 1. The van der Waals surface area contributed by atoms with Crippen molar-refractivity contribution in [2.75, 3.05) is 13.1 Å². The van der Waals surface area contributed by atoms with Crippen molar-refractivity contribution in [1.29, 1.82) is 0 Å². The van der Waals surface area contributed by atoms with Gasteiger partial charge in [-0.25, -0.2) is 4.79 Å². The van der Waals surface area contributed by atoms with Crippen LogP contribution in [0.5, 0.6) is 0 Å². The predicted molar refractivity (Wildman–Crippen MR) is 82.1 cm³/mol. The molecule has 1 fully saturated rings. The molecular formula is C15H20ClN3O2. The number of hydrogen-bond donors (Lipinski definition) is 2. The van der Waals surface area contributed by atoms with Gasteiger partial charge in [0, 0.05) is 37.1 Å². The minimum atomic E-state index is -0.231. The van der Waals surface area contributed by atoms with Crippen LogP contribution in [-0.4, -0.2) is 36.0 Å². The number of amides is 3. The molecular weight excluding hydrogens is 290 g/mol. The highest BCUT2D eigenvalue weighted by atomic mass is 35.5. The highest BCUT2D eigenvalue weighted by molar-refractivity contribution is 6.31. The highest BCUT2D eigenvalue weighted by Crippen LogP contribution is 2.14. The van der Waals surface area contributed by atoms with Crippen LogP contribution in [0.2, 0.25) is 5.02 Å². The van der Waals surface area contributed by atoms with Crippen molar-refractivity contribution in [2.24, 2.45) is 0 Å². The molecule has 3 amide bonds. The first-order valence-corrected chi connectivity index (χ1v) is 7.53. The summed E-state index contributed by atoms with van der Waals surface area (Å²) in [5.74, 6) is 0.135. The maximum absolute atomic E-state index is 11.9. The zero-order valence-electron chi connectivity index (χ0n) is 12.1. The van der Waals surface area contributed by atoms with Crippen LogP contribution in [0.25, 0.3) is 0 Å². The normalized spacial score (nSPS) is 17.6. The van der Waals surface area contributed by atoms with Gasteiger partial charge in [0.05, 0.1) is 0 Å². The van der Waals surface area contributed by atoms with Gasteiger partial charge in [-0.15, -0.1) is 0 Å². The van der Waals surface area contributed by atoms with E-state index in [2.05, 4.69) is 10.6 Å². The second-order valence-electron chi connectivity index (χ2n) is 5.10. The summed E-state index contributed by atoms with van der Waals surface area (Å²) in [5, 5.41) is 6.31. The number of rotatable bonds is 4. The number of urea groups is 1. The van der Waals surface area contributed by atoms with E-state index in [1.807, 2.05) is 25.1 Å². The fourth-order valence-electron chi connectivity index (χ4n) is 2.38. The summed E-state index contributed by atoms with van der Waals surface area (Å²) in [6.07, 6.45) is 1.30. The van der Waals surface area contributed by atoms with Crippen LogP contribution in [-0.2, 0) is 11.3 Å². The number of nitrogens with zero attached hydrogens (tertiary/aromatic N) is 1. The summed E-state index contributed by atoms with van der Waals surface area (Å²) in [5.41, 5.74) is 0.878. The molecule has 1 aromatic carbocycles. The van der Waals surface area contributed by atoms with E-state index in [1.54, 1.807) is 11.0 Å². The summed E-state index contributed by atoms with van der Waals surface area (Å²) in [4.78, 5) is 25.2. The van der Waals surface area contributed by atoms with E-state index >= 15 is 0 Å². The largest absolute Gasteiger partial charge is 0.341 e. The van der Waals surface area contributed by atoms with E-state index in [1.165, 1.54) is 0 Å². The van der Waals surface area contributed by atoms with Crippen molar-refractivity contribution in [3.63, 3.8) is 0 Å². The molecule has 21 heavy (non-hydrogen) atoms. The Morgan fingerprint density at radius 3 is 2.86 bits per heavy atom. The van der Waals surface area contributed by atoms with Gasteiger partial charge in [0.1, 0.15) is 0 Å². The lowest BCUT2D eigenvalue weighted by Gasteiger charge is -2.16. The molecule has 1 aliphatic heterocycles. The lowest BCUT2D eigenvalue weighted by atomic mass is 10.2. The molecule has 0 spiro atoms. The highest BCUT2D eigenvalue weighted by Gasteiger charge is 2.26. The van der Waals surface area contributed by atoms with Crippen molar-refractivity contribution >= 4 is 23.5 Å². The third-order valence-corrected chi connectivity index (χ3v) is 3.94. The lowest BCUT2D eigenvalue weighted by molar-refractivity contribution is -0.129. The number of carbonyl (C=O) groups is 2. The third-order valence-electron chi connectivity index (χ3n) is 3.58. The SMILES string of the molecule is CCC(=O)N1CCC(NC(=O)NCc2ccccc2Cl)C1. The smallest absolute Gasteiger partial charge is 0.315 e. The Morgan fingerprint density at radius 2 is 2.14 bits per heavy atom. The van der Waals surface area contributed by atoms with Crippen molar-refractivity contribution in [2.45, 2.75) is 32.4 Å². The van der Waals surface area contributed by atoms with E-state index in [-0.39, 0.29) is 18.0 Å². The van der Waals surface area contributed by atoms with Crippen LogP contribution in [0.4, 0.5) is 4.79 Å². The molecule has 0 bridgehead atoms. The van der Waals surface area contributed by atoms with Crippen molar-refractivity contribution in [1.82, 2.24) is 15.5 Å². The molecule has 0 saturated carbocycles. The molecule has 0 aliphatic carbocycles. The summed E-state index contributed by atoms with van der Waals surface area (Å²) in [6.45, 7) is 3.53. The Balaban J connectivity index is 1.76. The minimum Gasteiger partial charge on any atom is -0.341 e. The Hall–Kier alpha value is -1.75. The number of hydrogen-bond acceptors (Lipinski definition) is 2. The van der Waals surface area contributed by atoms with Gasteiger partial charge in [-0.1, -0.05) is 36.7 Å². The fourth-order valence-corrected chi connectivity index (χ4v) is 2.58. The van der Waals surface area contributed by atoms with Crippen LogP contribution in [0.3, 0.4) is 0 Å². The van der Waals surface area contributed by atoms with E-state index in [9.17, 15) is 9.59 Å². The van der Waals surface area contributed by atoms with Gasteiger partial charge in [0.25, 0.3) is 0 Å². The Morgan fingerprint density at radius 1 is 1.38 bits per heavy atom. The zero-order chi connectivity index (χ0) is 15.2. The molecule has 0 radical (unpaired) electrons. The van der Waals surface area contributed by atoms with Gasteiger partial charge in [0.15, 0.2) is 0 Å². The van der Waals surface area contributed by atoms with Gasteiger partial charge in [-0.05, 0) is 18.1 Å². The summed E-state index contributed by atoms with van der Waals surface area (Å²) in [6, 6.07) is 7.19.